The highest BCUT2D eigenvalue weighted by atomic mass is 32.2. The number of thioether (sulfide) groups is 1. The van der Waals surface area contributed by atoms with Crippen molar-refractivity contribution in [2.24, 2.45) is 0 Å². The molecule has 7 nitrogen and oxygen atoms in total. The third-order valence-corrected chi connectivity index (χ3v) is 6.85. The summed E-state index contributed by atoms with van der Waals surface area (Å²) >= 11 is 1.30. The summed E-state index contributed by atoms with van der Waals surface area (Å²) in [6.45, 7) is 2.68. The van der Waals surface area contributed by atoms with Crippen molar-refractivity contribution in [3.05, 3.63) is 84.7 Å². The van der Waals surface area contributed by atoms with Crippen LogP contribution in [0.4, 0.5) is 10.1 Å². The van der Waals surface area contributed by atoms with Crippen molar-refractivity contribution in [3.8, 4) is 22.8 Å². The van der Waals surface area contributed by atoms with Gasteiger partial charge in [-0.15, -0.1) is 10.2 Å². The summed E-state index contributed by atoms with van der Waals surface area (Å²) in [4.78, 5) is 17.0. The van der Waals surface area contributed by atoms with E-state index in [2.05, 4.69) is 15.1 Å². The van der Waals surface area contributed by atoms with Crippen molar-refractivity contribution in [2.75, 3.05) is 36.8 Å². The summed E-state index contributed by atoms with van der Waals surface area (Å²) in [6.07, 6.45) is 0. The number of aromatic hydroxyl groups is 1. The van der Waals surface area contributed by atoms with Crippen molar-refractivity contribution < 1.29 is 14.3 Å². The van der Waals surface area contributed by atoms with E-state index in [9.17, 15) is 14.3 Å². The van der Waals surface area contributed by atoms with Gasteiger partial charge >= 0.3 is 0 Å². The Morgan fingerprint density at radius 1 is 0.857 bits per heavy atom. The Labute approximate surface area is 206 Å². The van der Waals surface area contributed by atoms with Crippen LogP contribution in [0, 0.1) is 5.82 Å². The molecule has 1 aliphatic rings. The van der Waals surface area contributed by atoms with Crippen molar-refractivity contribution in [1.82, 2.24) is 19.7 Å². The van der Waals surface area contributed by atoms with Crippen molar-refractivity contribution in [3.63, 3.8) is 0 Å². The fraction of sp³-hybridized carbons (Fsp3) is 0.192. The van der Waals surface area contributed by atoms with E-state index in [-0.39, 0.29) is 23.2 Å². The normalized spacial score (nSPS) is 13.7. The van der Waals surface area contributed by atoms with Crippen LogP contribution in [-0.4, -0.2) is 62.6 Å². The largest absolute Gasteiger partial charge is 0.508 e. The van der Waals surface area contributed by atoms with Gasteiger partial charge in [-0.05, 0) is 48.5 Å². The smallest absolute Gasteiger partial charge is 0.233 e. The van der Waals surface area contributed by atoms with Gasteiger partial charge in [-0.25, -0.2) is 4.39 Å². The van der Waals surface area contributed by atoms with Crippen LogP contribution < -0.4 is 4.90 Å². The van der Waals surface area contributed by atoms with E-state index < -0.39 is 0 Å². The zero-order valence-corrected chi connectivity index (χ0v) is 19.7. The van der Waals surface area contributed by atoms with Crippen LogP contribution >= 0.6 is 11.8 Å². The molecule has 1 fully saturated rings. The first kappa shape index (κ1) is 22.9. The van der Waals surface area contributed by atoms with Crippen LogP contribution in [0.5, 0.6) is 5.75 Å². The second-order valence-corrected chi connectivity index (χ2v) is 9.07. The van der Waals surface area contributed by atoms with Crippen molar-refractivity contribution >= 4 is 23.4 Å². The van der Waals surface area contributed by atoms with Gasteiger partial charge in [-0.2, -0.15) is 0 Å². The zero-order chi connectivity index (χ0) is 24.2. The molecule has 1 N–H and O–H groups in total. The molecule has 3 aromatic carbocycles. The molecule has 2 heterocycles. The van der Waals surface area contributed by atoms with E-state index >= 15 is 0 Å². The summed E-state index contributed by atoms with van der Waals surface area (Å²) in [6, 6.07) is 23.1. The SMILES string of the molecule is O=C(CSc1nnc(-c2ccccc2F)n1-c1ccccc1)N1CCN(c2ccc(O)cc2)CC1. The lowest BCUT2D eigenvalue weighted by atomic mass is 10.2. The Kier molecular flexibility index (Phi) is 6.67. The molecular weight excluding hydrogens is 465 g/mol. The zero-order valence-electron chi connectivity index (χ0n) is 18.9. The highest BCUT2D eigenvalue weighted by Crippen LogP contribution is 2.29. The lowest BCUT2D eigenvalue weighted by Gasteiger charge is -2.36. The molecular formula is C26H24FN5O2S. The first-order valence-corrected chi connectivity index (χ1v) is 12.3. The highest BCUT2D eigenvalue weighted by Gasteiger charge is 2.24. The molecule has 178 valence electrons. The van der Waals surface area contributed by atoms with Crippen LogP contribution in [0.15, 0.2) is 84.0 Å². The number of aromatic nitrogens is 3. The van der Waals surface area contributed by atoms with Crippen molar-refractivity contribution in [1.29, 1.82) is 0 Å². The van der Waals surface area contributed by atoms with Crippen LogP contribution in [0.1, 0.15) is 0 Å². The minimum Gasteiger partial charge on any atom is -0.508 e. The van der Waals surface area contributed by atoms with Gasteiger partial charge in [-0.3, -0.25) is 9.36 Å². The monoisotopic (exact) mass is 489 g/mol. The topological polar surface area (TPSA) is 74.5 Å². The van der Waals surface area contributed by atoms with Crippen molar-refractivity contribution in [2.45, 2.75) is 5.16 Å². The van der Waals surface area contributed by atoms with Gasteiger partial charge in [0.25, 0.3) is 0 Å². The van der Waals surface area contributed by atoms with Gasteiger partial charge in [0.1, 0.15) is 11.6 Å². The van der Waals surface area contributed by atoms with Gasteiger partial charge in [-0.1, -0.05) is 42.1 Å². The Bertz CT molecular complexity index is 1310. The molecule has 1 aliphatic heterocycles. The van der Waals surface area contributed by atoms with E-state index in [0.29, 0.717) is 29.6 Å². The minimum absolute atomic E-state index is 0.0235. The Morgan fingerprint density at radius 3 is 2.26 bits per heavy atom. The maximum absolute atomic E-state index is 14.5. The molecule has 0 aliphatic carbocycles. The molecule has 4 aromatic rings. The number of phenols is 1. The summed E-state index contributed by atoms with van der Waals surface area (Å²) in [5.74, 6) is 0.487. The molecule has 1 saturated heterocycles. The molecule has 1 amide bonds. The summed E-state index contributed by atoms with van der Waals surface area (Å²) in [7, 11) is 0. The molecule has 35 heavy (non-hydrogen) atoms. The van der Waals surface area contributed by atoms with Gasteiger partial charge in [0, 0.05) is 37.6 Å². The average molecular weight is 490 g/mol. The lowest BCUT2D eigenvalue weighted by molar-refractivity contribution is -0.128. The van der Waals surface area contributed by atoms with E-state index in [1.807, 2.05) is 47.4 Å². The number of hydrogen-bond donors (Lipinski definition) is 1. The number of para-hydroxylation sites is 1. The molecule has 5 rings (SSSR count). The molecule has 0 atom stereocenters. The number of anilines is 1. The number of carbonyl (C=O) groups excluding carboxylic acids is 1. The number of phenolic OH excluding ortho intramolecular Hbond substituents is 1. The maximum atomic E-state index is 14.5. The number of benzene rings is 3. The molecule has 0 unspecified atom stereocenters. The quantitative estimate of drug-likeness (QED) is 0.409. The predicted molar refractivity (Wildman–Crippen MR) is 134 cm³/mol. The lowest BCUT2D eigenvalue weighted by Crippen LogP contribution is -2.49. The second kappa shape index (κ2) is 10.2. The van der Waals surface area contributed by atoms with Gasteiger partial charge < -0.3 is 14.9 Å². The third kappa shape index (κ3) is 5.00. The third-order valence-electron chi connectivity index (χ3n) is 5.93. The summed E-state index contributed by atoms with van der Waals surface area (Å²) in [5.41, 5.74) is 2.18. The Morgan fingerprint density at radius 2 is 1.54 bits per heavy atom. The maximum Gasteiger partial charge on any atom is 0.233 e. The van der Waals surface area contributed by atoms with Gasteiger partial charge in [0.15, 0.2) is 11.0 Å². The predicted octanol–water partition coefficient (Wildman–Crippen LogP) is 4.22. The van der Waals surface area contributed by atoms with E-state index in [1.54, 1.807) is 34.9 Å². The molecule has 0 saturated carbocycles. The van der Waals surface area contributed by atoms with Crippen LogP contribution in [-0.2, 0) is 4.79 Å². The number of halogens is 1. The minimum atomic E-state index is -0.379. The van der Waals surface area contributed by atoms with Gasteiger partial charge in [0.05, 0.1) is 11.3 Å². The Hall–Kier alpha value is -3.85. The highest BCUT2D eigenvalue weighted by molar-refractivity contribution is 7.99. The van der Waals surface area contributed by atoms with Crippen LogP contribution in [0.25, 0.3) is 17.1 Å². The molecule has 1 aromatic heterocycles. The van der Waals surface area contributed by atoms with E-state index in [4.69, 9.17) is 0 Å². The molecule has 0 radical (unpaired) electrons. The Balaban J connectivity index is 1.29. The number of nitrogens with zero attached hydrogens (tertiary/aromatic N) is 5. The number of rotatable bonds is 6. The fourth-order valence-electron chi connectivity index (χ4n) is 4.09. The van der Waals surface area contributed by atoms with E-state index in [0.717, 1.165) is 24.5 Å². The first-order chi connectivity index (χ1) is 17.1. The number of piperazine rings is 1. The van der Waals surface area contributed by atoms with Crippen LogP contribution in [0.2, 0.25) is 0 Å². The fourth-order valence-corrected chi connectivity index (χ4v) is 4.94. The van der Waals surface area contributed by atoms with Crippen LogP contribution in [0.3, 0.4) is 0 Å². The second-order valence-electron chi connectivity index (χ2n) is 8.13. The number of carbonyl (C=O) groups is 1. The first-order valence-electron chi connectivity index (χ1n) is 11.3. The van der Waals surface area contributed by atoms with Gasteiger partial charge in [0.2, 0.25) is 5.91 Å². The molecule has 0 bridgehead atoms. The molecule has 9 heteroatoms. The standard InChI is InChI=1S/C26H24FN5O2S/c27-23-9-5-4-8-22(23)25-28-29-26(32(25)20-6-2-1-3-7-20)35-18-24(34)31-16-14-30(15-17-31)19-10-12-21(33)13-11-19/h1-13,33H,14-18H2. The average Bonchev–Trinajstić information content (AvgIpc) is 3.32. The number of hydrogen-bond acceptors (Lipinski definition) is 6. The summed E-state index contributed by atoms with van der Waals surface area (Å²) in [5, 5.41) is 18.6. The molecule has 0 spiro atoms. The summed E-state index contributed by atoms with van der Waals surface area (Å²) < 4.78 is 16.3. The van der Waals surface area contributed by atoms with E-state index in [1.165, 1.54) is 17.8 Å². The number of amides is 1.